The number of hydrogen-bond donors (Lipinski definition) is 1. The van der Waals surface area contributed by atoms with E-state index in [0.717, 1.165) is 13.1 Å². The molecule has 19 heavy (non-hydrogen) atoms. The topological polar surface area (TPSA) is 41.6 Å². The van der Waals surface area contributed by atoms with E-state index in [9.17, 15) is 4.79 Å². The van der Waals surface area contributed by atoms with Crippen LogP contribution in [0.1, 0.15) is 41.0 Å². The Labute approximate surface area is 117 Å². The average molecular weight is 270 g/mol. The van der Waals surface area contributed by atoms with Crippen LogP contribution in [0.25, 0.3) is 0 Å². The number of ether oxygens (including phenoxy) is 1. The molecule has 4 nitrogen and oxygen atoms in total. The summed E-state index contributed by atoms with van der Waals surface area (Å²) >= 11 is 0. The van der Waals surface area contributed by atoms with E-state index in [1.807, 2.05) is 0 Å². The largest absolute Gasteiger partial charge is 0.468 e. The minimum absolute atomic E-state index is 0.160. The fraction of sp³-hybridized carbons (Fsp3) is 0.933. The van der Waals surface area contributed by atoms with E-state index in [0.29, 0.717) is 17.9 Å². The SMILES string of the molecule is COC(=O)C(CN1CC(C)CC(C)C1C)NC(C)C. The molecule has 0 aromatic heterocycles. The first-order chi connectivity index (χ1) is 8.85. The summed E-state index contributed by atoms with van der Waals surface area (Å²) in [4.78, 5) is 14.3. The number of methoxy groups -OCH3 is 1. The number of nitrogens with zero attached hydrogens (tertiary/aromatic N) is 1. The number of hydrogen-bond acceptors (Lipinski definition) is 4. The van der Waals surface area contributed by atoms with Gasteiger partial charge in [-0.1, -0.05) is 27.7 Å². The molecule has 1 heterocycles. The second kappa shape index (κ2) is 7.25. The Morgan fingerprint density at radius 2 is 2.00 bits per heavy atom. The molecule has 4 atom stereocenters. The first-order valence-electron chi connectivity index (χ1n) is 7.43. The molecule has 0 aromatic rings. The summed E-state index contributed by atoms with van der Waals surface area (Å²) in [6.07, 6.45) is 1.28. The van der Waals surface area contributed by atoms with Crippen molar-refractivity contribution in [3.05, 3.63) is 0 Å². The first-order valence-corrected chi connectivity index (χ1v) is 7.43. The predicted molar refractivity (Wildman–Crippen MR) is 78.1 cm³/mol. The van der Waals surface area contributed by atoms with Crippen LogP contribution in [0.3, 0.4) is 0 Å². The highest BCUT2D eigenvalue weighted by atomic mass is 16.5. The Balaban J connectivity index is 2.68. The monoisotopic (exact) mass is 270 g/mol. The van der Waals surface area contributed by atoms with Crippen molar-refractivity contribution in [3.63, 3.8) is 0 Å². The van der Waals surface area contributed by atoms with Crippen LogP contribution in [0.4, 0.5) is 0 Å². The minimum Gasteiger partial charge on any atom is -0.468 e. The van der Waals surface area contributed by atoms with E-state index in [-0.39, 0.29) is 18.1 Å². The molecule has 1 N–H and O–H groups in total. The van der Waals surface area contributed by atoms with Gasteiger partial charge in [-0.15, -0.1) is 0 Å². The summed E-state index contributed by atoms with van der Waals surface area (Å²) in [5.74, 6) is 1.22. The van der Waals surface area contributed by atoms with Gasteiger partial charge in [0.2, 0.25) is 0 Å². The van der Waals surface area contributed by atoms with Crippen molar-refractivity contribution in [2.75, 3.05) is 20.2 Å². The molecule has 0 amide bonds. The number of carbonyl (C=O) groups excluding carboxylic acids is 1. The van der Waals surface area contributed by atoms with Gasteiger partial charge >= 0.3 is 5.97 Å². The molecule has 0 aromatic carbocycles. The standard InChI is InChI=1S/C15H30N2O2/c1-10(2)16-14(15(18)19-6)9-17-8-11(3)7-12(4)13(17)5/h10-14,16H,7-9H2,1-6H3. The maximum Gasteiger partial charge on any atom is 0.324 e. The van der Waals surface area contributed by atoms with Crippen LogP contribution in [0.2, 0.25) is 0 Å². The Morgan fingerprint density at radius 1 is 1.37 bits per heavy atom. The summed E-state index contributed by atoms with van der Waals surface area (Å²) in [5, 5.41) is 3.31. The molecule has 0 bridgehead atoms. The maximum atomic E-state index is 11.9. The van der Waals surface area contributed by atoms with Gasteiger partial charge in [0.1, 0.15) is 6.04 Å². The molecule has 0 radical (unpaired) electrons. The molecule has 1 fully saturated rings. The van der Waals surface area contributed by atoms with Crippen molar-refractivity contribution >= 4 is 5.97 Å². The molecule has 1 rings (SSSR count). The first kappa shape index (κ1) is 16.4. The lowest BCUT2D eigenvalue weighted by Gasteiger charge is -2.42. The Hall–Kier alpha value is -0.610. The van der Waals surface area contributed by atoms with Crippen molar-refractivity contribution in [2.45, 2.75) is 59.2 Å². The minimum atomic E-state index is -0.232. The molecule has 0 aliphatic carbocycles. The number of rotatable bonds is 5. The lowest BCUT2D eigenvalue weighted by molar-refractivity contribution is -0.144. The summed E-state index contributed by atoms with van der Waals surface area (Å²) in [6.45, 7) is 12.8. The third-order valence-electron chi connectivity index (χ3n) is 4.16. The number of nitrogens with one attached hydrogen (secondary N) is 1. The van der Waals surface area contributed by atoms with Crippen molar-refractivity contribution in [1.82, 2.24) is 10.2 Å². The van der Waals surface area contributed by atoms with E-state index in [4.69, 9.17) is 4.74 Å². The summed E-state index contributed by atoms with van der Waals surface area (Å²) in [7, 11) is 1.46. The molecule has 4 heteroatoms. The number of piperidine rings is 1. The maximum absolute atomic E-state index is 11.9. The van der Waals surface area contributed by atoms with Crippen LogP contribution in [0, 0.1) is 11.8 Å². The van der Waals surface area contributed by atoms with Gasteiger partial charge in [-0.2, -0.15) is 0 Å². The van der Waals surface area contributed by atoms with Gasteiger partial charge in [-0.25, -0.2) is 0 Å². The normalized spacial score (nSPS) is 30.4. The highest BCUT2D eigenvalue weighted by molar-refractivity contribution is 5.76. The van der Waals surface area contributed by atoms with Crippen molar-refractivity contribution in [3.8, 4) is 0 Å². The van der Waals surface area contributed by atoms with Crippen LogP contribution in [0.5, 0.6) is 0 Å². The summed E-state index contributed by atoms with van der Waals surface area (Å²) in [6, 6.07) is 0.571. The molecule has 1 aliphatic rings. The quantitative estimate of drug-likeness (QED) is 0.775. The second-order valence-corrected chi connectivity index (χ2v) is 6.41. The average Bonchev–Trinajstić information content (AvgIpc) is 2.32. The number of esters is 1. The molecule has 0 spiro atoms. The van der Waals surface area contributed by atoms with Crippen LogP contribution < -0.4 is 5.32 Å². The Bertz CT molecular complexity index is 294. The summed E-state index contributed by atoms with van der Waals surface area (Å²) < 4.78 is 4.92. The lowest BCUT2D eigenvalue weighted by atomic mass is 9.86. The zero-order valence-corrected chi connectivity index (χ0v) is 13.3. The lowest BCUT2D eigenvalue weighted by Crippen LogP contribution is -2.54. The number of likely N-dealkylation sites (tertiary alicyclic amines) is 1. The van der Waals surface area contributed by atoms with E-state index in [2.05, 4.69) is 44.8 Å². The van der Waals surface area contributed by atoms with Gasteiger partial charge in [0.15, 0.2) is 0 Å². The molecule has 0 saturated carbocycles. The second-order valence-electron chi connectivity index (χ2n) is 6.41. The molecular weight excluding hydrogens is 240 g/mol. The van der Waals surface area contributed by atoms with Gasteiger partial charge in [-0.3, -0.25) is 9.69 Å². The molecule has 1 saturated heterocycles. The predicted octanol–water partition coefficient (Wildman–Crippen LogP) is 1.89. The molecular formula is C15H30N2O2. The highest BCUT2D eigenvalue weighted by Crippen LogP contribution is 2.26. The van der Waals surface area contributed by atoms with Gasteiger partial charge in [0, 0.05) is 25.2 Å². The van der Waals surface area contributed by atoms with E-state index in [1.54, 1.807) is 0 Å². The Morgan fingerprint density at radius 3 is 2.53 bits per heavy atom. The highest BCUT2D eigenvalue weighted by Gasteiger charge is 2.32. The van der Waals surface area contributed by atoms with Crippen molar-refractivity contribution in [2.24, 2.45) is 11.8 Å². The van der Waals surface area contributed by atoms with Crippen molar-refractivity contribution in [1.29, 1.82) is 0 Å². The zero-order chi connectivity index (χ0) is 14.6. The van der Waals surface area contributed by atoms with Crippen LogP contribution in [-0.4, -0.2) is 49.2 Å². The molecule has 112 valence electrons. The fourth-order valence-corrected chi connectivity index (χ4v) is 3.05. The van der Waals surface area contributed by atoms with Gasteiger partial charge in [0.25, 0.3) is 0 Å². The third-order valence-corrected chi connectivity index (χ3v) is 4.16. The Kier molecular flexibility index (Phi) is 6.27. The van der Waals surface area contributed by atoms with Gasteiger partial charge in [0.05, 0.1) is 7.11 Å². The fourth-order valence-electron chi connectivity index (χ4n) is 3.05. The molecule has 1 aliphatic heterocycles. The number of carbonyl (C=O) groups is 1. The van der Waals surface area contributed by atoms with E-state index < -0.39 is 0 Å². The van der Waals surface area contributed by atoms with Crippen LogP contribution in [0.15, 0.2) is 0 Å². The third kappa shape index (κ3) is 4.77. The zero-order valence-electron chi connectivity index (χ0n) is 13.3. The van der Waals surface area contributed by atoms with Gasteiger partial charge < -0.3 is 10.1 Å². The van der Waals surface area contributed by atoms with Crippen LogP contribution in [-0.2, 0) is 9.53 Å². The van der Waals surface area contributed by atoms with E-state index in [1.165, 1.54) is 13.5 Å². The van der Waals surface area contributed by atoms with Gasteiger partial charge in [-0.05, 0) is 25.2 Å². The van der Waals surface area contributed by atoms with E-state index >= 15 is 0 Å². The van der Waals surface area contributed by atoms with Crippen molar-refractivity contribution < 1.29 is 9.53 Å². The molecule has 4 unspecified atom stereocenters. The summed E-state index contributed by atoms with van der Waals surface area (Å²) in [5.41, 5.74) is 0. The smallest absolute Gasteiger partial charge is 0.324 e. The van der Waals surface area contributed by atoms with Crippen LogP contribution >= 0.6 is 0 Å².